The van der Waals surface area contributed by atoms with Crippen molar-refractivity contribution in [1.82, 2.24) is 20.2 Å². The second kappa shape index (κ2) is 9.60. The number of hydrogen-bond acceptors (Lipinski definition) is 7. The number of nitrogens with one attached hydrogen (secondary N) is 1. The number of hydrogen-bond donors (Lipinski definition) is 1. The second-order valence-electron chi connectivity index (χ2n) is 8.11. The van der Waals surface area contributed by atoms with Gasteiger partial charge in [-0.1, -0.05) is 0 Å². The van der Waals surface area contributed by atoms with Crippen molar-refractivity contribution in [3.63, 3.8) is 0 Å². The molecule has 5 heterocycles. The van der Waals surface area contributed by atoms with Crippen LogP contribution in [-0.4, -0.2) is 114 Å². The molecule has 0 amide bonds. The molecule has 0 radical (unpaired) electrons. The summed E-state index contributed by atoms with van der Waals surface area (Å²) in [5, 5.41) is 0. The molecule has 0 spiro atoms. The predicted octanol–water partition coefficient (Wildman–Crippen LogP) is -0.263. The fraction of sp³-hybridized carbons (Fsp3) is 1.00. The Kier molecular flexibility index (Phi) is 7.48. The first-order chi connectivity index (χ1) is 12.1. The van der Waals surface area contributed by atoms with Crippen LogP contribution in [0.3, 0.4) is 0 Å². The van der Waals surface area contributed by atoms with E-state index in [1.54, 1.807) is 0 Å². The van der Waals surface area contributed by atoms with Gasteiger partial charge in [-0.15, -0.1) is 0 Å². The molecule has 5 fully saturated rings. The van der Waals surface area contributed by atoms with E-state index in [0.717, 1.165) is 70.5 Å². The van der Waals surface area contributed by atoms with Crippen molar-refractivity contribution in [2.24, 2.45) is 11.8 Å². The van der Waals surface area contributed by atoms with Crippen LogP contribution in [0.1, 0.15) is 6.42 Å². The highest BCUT2D eigenvalue weighted by molar-refractivity contribution is 4.89. The van der Waals surface area contributed by atoms with Crippen molar-refractivity contribution in [1.29, 1.82) is 0 Å². The Bertz CT molecular complexity index is 379. The van der Waals surface area contributed by atoms with Crippen LogP contribution in [0.15, 0.2) is 0 Å². The van der Waals surface area contributed by atoms with Crippen LogP contribution in [-0.2, 0) is 14.3 Å². The van der Waals surface area contributed by atoms with Crippen LogP contribution < -0.4 is 5.48 Å². The summed E-state index contributed by atoms with van der Waals surface area (Å²) in [6.07, 6.45) is 1.85. The smallest absolute Gasteiger partial charge is 0.0809 e. The summed E-state index contributed by atoms with van der Waals surface area (Å²) in [4.78, 5) is 12.0. The molecule has 4 atom stereocenters. The van der Waals surface area contributed by atoms with Gasteiger partial charge in [0, 0.05) is 57.1 Å². The summed E-state index contributed by atoms with van der Waals surface area (Å²) in [5.41, 5.74) is 2.84. The van der Waals surface area contributed by atoms with E-state index in [-0.39, 0.29) is 0 Å². The zero-order chi connectivity index (χ0) is 17.6. The average molecular weight is 357 g/mol. The lowest BCUT2D eigenvalue weighted by molar-refractivity contribution is 0.0416. The fourth-order valence-corrected chi connectivity index (χ4v) is 4.21. The third-order valence-electron chi connectivity index (χ3n) is 5.87. The van der Waals surface area contributed by atoms with Gasteiger partial charge < -0.3 is 24.1 Å². The molecule has 1 N–H and O–H groups in total. The summed E-state index contributed by atoms with van der Waals surface area (Å²) >= 11 is 0. The number of fused-ring (bicyclic) bond motifs is 3. The summed E-state index contributed by atoms with van der Waals surface area (Å²) in [5.74, 6) is 1.71. The number of morpholine rings is 1. The Labute approximate surface area is 152 Å². The van der Waals surface area contributed by atoms with Crippen LogP contribution >= 0.6 is 0 Å². The molecule has 4 unspecified atom stereocenters. The highest BCUT2D eigenvalue weighted by atomic mass is 16.6. The maximum atomic E-state index is 5.38. The van der Waals surface area contributed by atoms with Gasteiger partial charge in [0.15, 0.2) is 0 Å². The molecule has 0 aromatic rings. The van der Waals surface area contributed by atoms with Crippen molar-refractivity contribution in [2.45, 2.75) is 18.6 Å². The van der Waals surface area contributed by atoms with Gasteiger partial charge in [-0.2, -0.15) is 0 Å². The van der Waals surface area contributed by atoms with E-state index < -0.39 is 0 Å². The van der Waals surface area contributed by atoms with Crippen LogP contribution in [0, 0.1) is 11.8 Å². The van der Waals surface area contributed by atoms with Crippen molar-refractivity contribution < 1.29 is 14.3 Å². The zero-order valence-electron chi connectivity index (χ0n) is 16.2. The Hall–Kier alpha value is -0.280. The van der Waals surface area contributed by atoms with Crippen molar-refractivity contribution in [3.8, 4) is 0 Å². The molecule has 2 bridgehead atoms. The van der Waals surface area contributed by atoms with Crippen LogP contribution in [0.2, 0.25) is 0 Å². The van der Waals surface area contributed by atoms with Crippen LogP contribution in [0.4, 0.5) is 0 Å². The predicted molar refractivity (Wildman–Crippen MR) is 97.5 cm³/mol. The molecule has 25 heavy (non-hydrogen) atoms. The van der Waals surface area contributed by atoms with E-state index in [0.29, 0.717) is 6.10 Å². The fourth-order valence-electron chi connectivity index (χ4n) is 4.21. The van der Waals surface area contributed by atoms with E-state index in [4.69, 9.17) is 14.3 Å². The van der Waals surface area contributed by atoms with E-state index >= 15 is 0 Å². The van der Waals surface area contributed by atoms with E-state index in [9.17, 15) is 0 Å². The average Bonchev–Trinajstić information content (AvgIpc) is 3.30. The molecular formula is C18H36N4O3. The Morgan fingerprint density at radius 1 is 0.880 bits per heavy atom. The molecule has 7 nitrogen and oxygen atoms in total. The Balaban J connectivity index is 0.000000110. The molecule has 5 aliphatic heterocycles. The first kappa shape index (κ1) is 19.5. The maximum Gasteiger partial charge on any atom is 0.0809 e. The third kappa shape index (κ3) is 5.85. The normalized spacial score (nSPS) is 38.5. The van der Waals surface area contributed by atoms with Gasteiger partial charge in [-0.25, -0.2) is 5.48 Å². The van der Waals surface area contributed by atoms with Crippen molar-refractivity contribution >= 4 is 0 Å². The Morgan fingerprint density at radius 2 is 1.64 bits per heavy atom. The van der Waals surface area contributed by atoms with Gasteiger partial charge in [0.2, 0.25) is 0 Å². The number of ether oxygens (including phenoxy) is 2. The molecule has 146 valence electrons. The molecule has 0 aliphatic carbocycles. The quantitative estimate of drug-likeness (QED) is 0.642. The summed E-state index contributed by atoms with van der Waals surface area (Å²) < 4.78 is 10.7. The van der Waals surface area contributed by atoms with Crippen molar-refractivity contribution in [2.75, 3.05) is 86.8 Å². The molecule has 0 aromatic carbocycles. The number of likely N-dealkylation sites (tertiary alicyclic amines) is 2. The largest absolute Gasteiger partial charge is 0.381 e. The summed E-state index contributed by atoms with van der Waals surface area (Å²) in [7, 11) is 6.46. The van der Waals surface area contributed by atoms with Gasteiger partial charge >= 0.3 is 0 Å². The summed E-state index contributed by atoms with van der Waals surface area (Å²) in [6.45, 7) is 10.5. The lowest BCUT2D eigenvalue weighted by atomic mass is 10.0. The minimum Gasteiger partial charge on any atom is -0.381 e. The molecular weight excluding hydrogens is 320 g/mol. The molecule has 5 aliphatic rings. The van der Waals surface area contributed by atoms with Gasteiger partial charge in [-0.3, -0.25) is 4.90 Å². The zero-order valence-corrected chi connectivity index (χ0v) is 16.2. The second-order valence-corrected chi connectivity index (χ2v) is 8.11. The van der Waals surface area contributed by atoms with Gasteiger partial charge in [-0.05, 0) is 27.6 Å². The van der Waals surface area contributed by atoms with E-state index in [2.05, 4.69) is 41.3 Å². The highest BCUT2D eigenvalue weighted by Crippen LogP contribution is 2.27. The minimum absolute atomic E-state index is 0.574. The topological polar surface area (TPSA) is 49.4 Å². The highest BCUT2D eigenvalue weighted by Gasteiger charge is 2.36. The molecule has 0 aromatic heterocycles. The lowest BCUT2D eigenvalue weighted by Gasteiger charge is -2.21. The van der Waals surface area contributed by atoms with E-state index in [1.165, 1.54) is 19.5 Å². The maximum absolute atomic E-state index is 5.38. The van der Waals surface area contributed by atoms with Crippen LogP contribution in [0.5, 0.6) is 0 Å². The molecule has 5 rings (SSSR count). The van der Waals surface area contributed by atoms with Crippen LogP contribution in [0.25, 0.3) is 0 Å². The lowest BCUT2D eigenvalue weighted by Crippen LogP contribution is -2.33. The van der Waals surface area contributed by atoms with Gasteiger partial charge in [0.25, 0.3) is 0 Å². The monoisotopic (exact) mass is 356 g/mol. The number of nitrogens with zero attached hydrogens (tertiary/aromatic N) is 3. The number of likely N-dealkylation sites (N-methyl/N-ethyl adjacent to an activating group) is 2. The first-order valence-electron chi connectivity index (χ1n) is 9.73. The molecule has 7 heteroatoms. The third-order valence-corrected chi connectivity index (χ3v) is 5.87. The van der Waals surface area contributed by atoms with E-state index in [1.807, 2.05) is 0 Å². The molecule has 5 saturated heterocycles. The number of hydroxylamine groups is 1. The van der Waals surface area contributed by atoms with Crippen molar-refractivity contribution in [3.05, 3.63) is 0 Å². The molecule has 0 saturated carbocycles. The first-order valence-corrected chi connectivity index (χ1v) is 9.73. The SMILES string of the molecule is CN1CC2CC1CO2.CN1CC2COCC2C1.CN1CCNOCC1. The summed E-state index contributed by atoms with van der Waals surface area (Å²) in [6, 6.07) is 0.750. The standard InChI is InChI=1S/C7H13NO.C6H11NO.C5H12N2O/c1-8-2-6-4-9-5-7(6)3-8;1-7-3-6-2-5(7)4-8-6;1-7-3-2-6-8-5-4-7/h6-7H,2-5H2,1H3;5-6H,2-4H2,1H3;6H,2-5H2,1H3. The van der Waals surface area contributed by atoms with Gasteiger partial charge in [0.1, 0.15) is 0 Å². The number of rotatable bonds is 0. The van der Waals surface area contributed by atoms with Gasteiger partial charge in [0.05, 0.1) is 32.5 Å². The minimum atomic E-state index is 0.574. The Morgan fingerprint density at radius 3 is 2.20 bits per heavy atom.